The fourth-order valence-corrected chi connectivity index (χ4v) is 2.70. The van der Waals surface area contributed by atoms with Crippen LogP contribution in [0.15, 0.2) is 18.3 Å². The van der Waals surface area contributed by atoms with Crippen LogP contribution in [0.2, 0.25) is 0 Å². The molecule has 0 amide bonds. The molecule has 0 bridgehead atoms. The van der Waals surface area contributed by atoms with Gasteiger partial charge in [-0.15, -0.1) is 0 Å². The van der Waals surface area contributed by atoms with Gasteiger partial charge >= 0.3 is 5.97 Å². The third kappa shape index (κ3) is 2.50. The molecule has 1 aromatic carbocycles. The van der Waals surface area contributed by atoms with E-state index in [2.05, 4.69) is 30.7 Å². The summed E-state index contributed by atoms with van der Waals surface area (Å²) in [5, 5.41) is 10.5. The van der Waals surface area contributed by atoms with Gasteiger partial charge in [0.05, 0.1) is 11.1 Å². The molecule has 2 aromatic rings. The molecule has 0 saturated carbocycles. The van der Waals surface area contributed by atoms with Gasteiger partial charge in [0.1, 0.15) is 0 Å². The first kappa shape index (κ1) is 13.7. The molecule has 0 aliphatic rings. The zero-order chi connectivity index (χ0) is 14.0. The van der Waals surface area contributed by atoms with Crippen molar-refractivity contribution in [3.05, 3.63) is 35.0 Å². The summed E-state index contributed by atoms with van der Waals surface area (Å²) in [5.74, 6) is -0.841. The Morgan fingerprint density at radius 1 is 1.26 bits per heavy atom. The summed E-state index contributed by atoms with van der Waals surface area (Å²) in [4.78, 5) is 11.5. The Bertz CT molecular complexity index is 611. The highest BCUT2D eigenvalue weighted by molar-refractivity contribution is 6.03. The highest BCUT2D eigenvalue weighted by atomic mass is 16.4. The van der Waals surface area contributed by atoms with Crippen molar-refractivity contribution in [1.29, 1.82) is 0 Å². The van der Waals surface area contributed by atoms with Crippen molar-refractivity contribution in [2.45, 2.75) is 46.6 Å². The van der Waals surface area contributed by atoms with Gasteiger partial charge in [-0.25, -0.2) is 4.79 Å². The van der Waals surface area contributed by atoms with Crippen molar-refractivity contribution in [3.8, 4) is 0 Å². The lowest BCUT2D eigenvalue weighted by Gasteiger charge is -2.07. The molecule has 1 aromatic heterocycles. The van der Waals surface area contributed by atoms with E-state index < -0.39 is 5.97 Å². The molecule has 0 atom stereocenters. The minimum Gasteiger partial charge on any atom is -0.478 e. The van der Waals surface area contributed by atoms with Gasteiger partial charge in [0.15, 0.2) is 0 Å². The molecular weight excluding hydrogens is 238 g/mol. The Kier molecular flexibility index (Phi) is 3.93. The van der Waals surface area contributed by atoms with Crippen molar-refractivity contribution in [2.24, 2.45) is 0 Å². The van der Waals surface area contributed by atoms with E-state index >= 15 is 0 Å². The van der Waals surface area contributed by atoms with Gasteiger partial charge < -0.3 is 9.67 Å². The number of carboxylic acid groups (broad SMARTS) is 1. The zero-order valence-electron chi connectivity index (χ0n) is 11.9. The van der Waals surface area contributed by atoms with Gasteiger partial charge in [-0.3, -0.25) is 0 Å². The highest BCUT2D eigenvalue weighted by Gasteiger charge is 2.16. The number of aromatic carboxylic acids is 1. The van der Waals surface area contributed by atoms with Crippen LogP contribution in [0.4, 0.5) is 0 Å². The van der Waals surface area contributed by atoms with Gasteiger partial charge in [-0.05, 0) is 43.0 Å². The molecule has 0 aliphatic carbocycles. The normalized spacial score (nSPS) is 11.1. The molecule has 1 heterocycles. The van der Waals surface area contributed by atoms with Gasteiger partial charge in [0.25, 0.3) is 0 Å². The number of carboxylic acids is 1. The molecule has 0 aliphatic heterocycles. The average molecular weight is 259 g/mol. The Morgan fingerprint density at radius 2 is 2.00 bits per heavy atom. The van der Waals surface area contributed by atoms with Crippen LogP contribution in [-0.4, -0.2) is 15.6 Å². The maximum Gasteiger partial charge on any atom is 0.337 e. The first-order valence-corrected chi connectivity index (χ1v) is 6.94. The number of nitrogens with zero attached hydrogens (tertiary/aromatic N) is 1. The van der Waals surface area contributed by atoms with Crippen LogP contribution in [0.1, 0.15) is 48.2 Å². The summed E-state index contributed by atoms with van der Waals surface area (Å²) in [5.41, 5.74) is 3.57. The number of aromatic nitrogens is 1. The molecule has 0 saturated heterocycles. The highest BCUT2D eigenvalue weighted by Crippen LogP contribution is 2.28. The SMILES string of the molecule is CCCc1cn(CCC)c2c(C(=O)O)cc(C)cc12. The third-order valence-electron chi connectivity index (χ3n) is 3.41. The lowest BCUT2D eigenvalue weighted by Crippen LogP contribution is -2.03. The van der Waals surface area contributed by atoms with Crippen LogP contribution in [-0.2, 0) is 13.0 Å². The van der Waals surface area contributed by atoms with E-state index in [9.17, 15) is 9.90 Å². The molecule has 2 rings (SSSR count). The minimum absolute atomic E-state index is 0.422. The maximum atomic E-state index is 11.5. The second-order valence-corrected chi connectivity index (χ2v) is 5.11. The lowest BCUT2D eigenvalue weighted by molar-refractivity contribution is 0.0698. The van der Waals surface area contributed by atoms with Crippen molar-refractivity contribution in [2.75, 3.05) is 0 Å². The van der Waals surface area contributed by atoms with Gasteiger partial charge in [-0.2, -0.15) is 0 Å². The number of benzene rings is 1. The smallest absolute Gasteiger partial charge is 0.337 e. The van der Waals surface area contributed by atoms with Crippen LogP contribution in [0, 0.1) is 6.92 Å². The summed E-state index contributed by atoms with van der Waals surface area (Å²) in [6.45, 7) is 7.08. The van der Waals surface area contributed by atoms with E-state index in [1.165, 1.54) is 5.56 Å². The van der Waals surface area contributed by atoms with E-state index in [-0.39, 0.29) is 0 Å². The Balaban J connectivity index is 2.77. The summed E-state index contributed by atoms with van der Waals surface area (Å²) < 4.78 is 2.10. The lowest BCUT2D eigenvalue weighted by atomic mass is 10.0. The molecule has 0 fully saturated rings. The van der Waals surface area contributed by atoms with Crippen LogP contribution in [0.3, 0.4) is 0 Å². The molecule has 19 heavy (non-hydrogen) atoms. The summed E-state index contributed by atoms with van der Waals surface area (Å²) in [6.07, 6.45) is 5.20. The number of hydrogen-bond acceptors (Lipinski definition) is 1. The van der Waals surface area contributed by atoms with E-state index in [1.54, 1.807) is 6.07 Å². The van der Waals surface area contributed by atoms with E-state index in [0.717, 1.165) is 42.3 Å². The van der Waals surface area contributed by atoms with E-state index in [4.69, 9.17) is 0 Å². The number of fused-ring (bicyclic) bond motifs is 1. The summed E-state index contributed by atoms with van der Waals surface area (Å²) in [7, 11) is 0. The fourth-order valence-electron chi connectivity index (χ4n) is 2.70. The number of rotatable bonds is 5. The molecule has 3 heteroatoms. The average Bonchev–Trinajstić information content (AvgIpc) is 2.68. The minimum atomic E-state index is -0.841. The molecule has 102 valence electrons. The molecule has 0 unspecified atom stereocenters. The largest absolute Gasteiger partial charge is 0.478 e. The summed E-state index contributed by atoms with van der Waals surface area (Å²) in [6, 6.07) is 3.88. The van der Waals surface area contributed by atoms with Gasteiger partial charge in [-0.1, -0.05) is 20.3 Å². The van der Waals surface area contributed by atoms with Crippen molar-refractivity contribution in [3.63, 3.8) is 0 Å². The molecular formula is C16H21NO2. The fraction of sp³-hybridized carbons (Fsp3) is 0.438. The monoisotopic (exact) mass is 259 g/mol. The first-order chi connectivity index (χ1) is 9.08. The van der Waals surface area contributed by atoms with E-state index in [1.807, 2.05) is 6.92 Å². The van der Waals surface area contributed by atoms with Crippen LogP contribution in [0.5, 0.6) is 0 Å². The van der Waals surface area contributed by atoms with Gasteiger partial charge in [0.2, 0.25) is 0 Å². The number of carbonyl (C=O) groups is 1. The topological polar surface area (TPSA) is 42.2 Å². The summed E-state index contributed by atoms with van der Waals surface area (Å²) >= 11 is 0. The van der Waals surface area contributed by atoms with Crippen molar-refractivity contribution < 1.29 is 9.90 Å². The van der Waals surface area contributed by atoms with Crippen molar-refractivity contribution >= 4 is 16.9 Å². The predicted octanol–water partition coefficient (Wildman–Crippen LogP) is 4.01. The Labute approximate surface area is 113 Å². The van der Waals surface area contributed by atoms with Gasteiger partial charge in [0, 0.05) is 18.1 Å². The van der Waals surface area contributed by atoms with Crippen LogP contribution >= 0.6 is 0 Å². The molecule has 0 radical (unpaired) electrons. The quantitative estimate of drug-likeness (QED) is 0.881. The molecule has 1 N–H and O–H groups in total. The Hall–Kier alpha value is -1.77. The zero-order valence-corrected chi connectivity index (χ0v) is 11.9. The third-order valence-corrected chi connectivity index (χ3v) is 3.41. The standard InChI is InChI=1S/C16H21NO2/c1-4-6-12-10-17(7-5-2)15-13(12)8-11(3)9-14(15)16(18)19/h8-10H,4-7H2,1-3H3,(H,18,19). The molecule has 0 spiro atoms. The molecule has 3 nitrogen and oxygen atoms in total. The predicted molar refractivity (Wildman–Crippen MR) is 77.9 cm³/mol. The second kappa shape index (κ2) is 5.47. The second-order valence-electron chi connectivity index (χ2n) is 5.11. The first-order valence-electron chi connectivity index (χ1n) is 6.94. The Morgan fingerprint density at radius 3 is 2.58 bits per heavy atom. The maximum absolute atomic E-state index is 11.5. The van der Waals surface area contributed by atoms with Crippen molar-refractivity contribution in [1.82, 2.24) is 4.57 Å². The van der Waals surface area contributed by atoms with Crippen LogP contribution < -0.4 is 0 Å². The number of hydrogen-bond donors (Lipinski definition) is 1. The van der Waals surface area contributed by atoms with Crippen LogP contribution in [0.25, 0.3) is 10.9 Å². The van der Waals surface area contributed by atoms with E-state index in [0.29, 0.717) is 5.56 Å². The number of aryl methyl sites for hydroxylation is 3.